The summed E-state index contributed by atoms with van der Waals surface area (Å²) < 4.78 is 43.1. The molecule has 1 amide bonds. The highest BCUT2D eigenvalue weighted by Crippen LogP contribution is 2.25. The van der Waals surface area contributed by atoms with E-state index < -0.39 is 26.6 Å². The third-order valence-electron chi connectivity index (χ3n) is 5.36. The van der Waals surface area contributed by atoms with E-state index in [1.165, 1.54) is 15.1 Å². The summed E-state index contributed by atoms with van der Waals surface area (Å²) >= 11 is 0. The normalized spacial score (nSPS) is 14.9. The van der Waals surface area contributed by atoms with Gasteiger partial charge in [-0.2, -0.15) is 14.1 Å². The maximum Gasteiger partial charge on any atom is 0.256 e. The molecule has 174 valence electrons. The highest BCUT2D eigenvalue weighted by Gasteiger charge is 2.29. The Labute approximate surface area is 191 Å². The molecule has 0 atom stereocenters. The van der Waals surface area contributed by atoms with Crippen LogP contribution in [-0.2, 0) is 10.0 Å². The second-order valence-electron chi connectivity index (χ2n) is 8.10. The van der Waals surface area contributed by atoms with Gasteiger partial charge in [0.15, 0.2) is 0 Å². The van der Waals surface area contributed by atoms with Gasteiger partial charge >= 0.3 is 0 Å². The van der Waals surface area contributed by atoms with Crippen molar-refractivity contribution >= 4 is 21.7 Å². The van der Waals surface area contributed by atoms with Gasteiger partial charge in [-0.15, -0.1) is 0 Å². The van der Waals surface area contributed by atoms with Crippen molar-refractivity contribution in [1.82, 2.24) is 24.1 Å². The molecule has 1 N–H and O–H groups in total. The fourth-order valence-electron chi connectivity index (χ4n) is 3.82. The minimum Gasteiger partial charge on any atom is -0.306 e. The van der Waals surface area contributed by atoms with E-state index in [0.717, 1.165) is 42.8 Å². The van der Waals surface area contributed by atoms with Crippen LogP contribution in [0.15, 0.2) is 35.2 Å². The Balaban J connectivity index is 1.65. The molecular formula is C22H25FN6O3S. The van der Waals surface area contributed by atoms with Gasteiger partial charge in [-0.3, -0.25) is 4.79 Å². The lowest BCUT2D eigenvalue weighted by molar-refractivity contribution is 0.102. The van der Waals surface area contributed by atoms with Crippen molar-refractivity contribution in [3.63, 3.8) is 0 Å². The van der Waals surface area contributed by atoms with Crippen molar-refractivity contribution in [2.45, 2.75) is 44.9 Å². The maximum atomic E-state index is 14.5. The van der Waals surface area contributed by atoms with Gasteiger partial charge in [0.05, 0.1) is 5.69 Å². The number of piperidine rings is 1. The molecule has 0 spiro atoms. The number of hydrogen-bond acceptors (Lipinski definition) is 6. The Kier molecular flexibility index (Phi) is 6.26. The zero-order valence-corrected chi connectivity index (χ0v) is 19.5. The monoisotopic (exact) mass is 472 g/mol. The Hall–Kier alpha value is -3.18. The molecule has 3 aromatic rings. The number of anilines is 1. The van der Waals surface area contributed by atoms with Crippen LogP contribution < -0.4 is 5.32 Å². The molecule has 11 heteroatoms. The first-order valence-electron chi connectivity index (χ1n) is 10.7. The summed E-state index contributed by atoms with van der Waals surface area (Å²) in [7, 11) is -4.04. The number of aromatic nitrogens is 4. The van der Waals surface area contributed by atoms with Crippen molar-refractivity contribution in [2.24, 2.45) is 0 Å². The molecule has 3 heterocycles. The molecule has 0 unspecified atom stereocenters. The molecule has 1 saturated heterocycles. The van der Waals surface area contributed by atoms with Crippen LogP contribution in [0.2, 0.25) is 0 Å². The number of carbonyl (C=O) groups is 1. The molecule has 33 heavy (non-hydrogen) atoms. The van der Waals surface area contributed by atoms with Crippen molar-refractivity contribution in [3.05, 3.63) is 58.8 Å². The van der Waals surface area contributed by atoms with Crippen LogP contribution in [-0.4, -0.2) is 51.5 Å². The van der Waals surface area contributed by atoms with E-state index in [9.17, 15) is 17.6 Å². The predicted octanol–water partition coefficient (Wildman–Crippen LogP) is 3.15. The van der Waals surface area contributed by atoms with E-state index in [0.29, 0.717) is 30.5 Å². The number of aryl methyl sites for hydroxylation is 3. The number of halogens is 1. The smallest absolute Gasteiger partial charge is 0.256 e. The number of rotatable bonds is 5. The van der Waals surface area contributed by atoms with Gasteiger partial charge < -0.3 is 5.32 Å². The third kappa shape index (κ3) is 4.79. The van der Waals surface area contributed by atoms with Crippen LogP contribution in [0.4, 0.5) is 10.2 Å². The summed E-state index contributed by atoms with van der Waals surface area (Å²) in [5.41, 5.74) is 2.13. The molecule has 2 aromatic heterocycles. The number of sulfonamides is 1. The van der Waals surface area contributed by atoms with Gasteiger partial charge in [0.2, 0.25) is 10.0 Å². The SMILES string of the molecule is Cc1cc(C)nc(-n2nc(C)cc2NC(=O)c2ccc(F)c(S(=O)(=O)N3CCCCC3)c2)n1. The van der Waals surface area contributed by atoms with Gasteiger partial charge in [-0.25, -0.2) is 22.8 Å². The Morgan fingerprint density at radius 2 is 1.64 bits per heavy atom. The number of hydrogen-bond donors (Lipinski definition) is 1. The zero-order valence-electron chi connectivity index (χ0n) is 18.7. The lowest BCUT2D eigenvalue weighted by Gasteiger charge is -2.26. The Bertz CT molecular complexity index is 1300. The summed E-state index contributed by atoms with van der Waals surface area (Å²) in [6.45, 7) is 6.10. The van der Waals surface area contributed by atoms with E-state index >= 15 is 0 Å². The van der Waals surface area contributed by atoms with Crippen LogP contribution in [0, 0.1) is 26.6 Å². The number of amides is 1. The van der Waals surface area contributed by atoms with Crippen molar-refractivity contribution < 1.29 is 17.6 Å². The molecule has 0 saturated carbocycles. The third-order valence-corrected chi connectivity index (χ3v) is 7.27. The van der Waals surface area contributed by atoms with Crippen molar-refractivity contribution in [3.8, 4) is 5.95 Å². The first kappa shape index (κ1) is 23.0. The second-order valence-corrected chi connectivity index (χ2v) is 10.0. The van der Waals surface area contributed by atoms with Crippen LogP contribution in [0.25, 0.3) is 5.95 Å². The fourth-order valence-corrected chi connectivity index (χ4v) is 5.43. The van der Waals surface area contributed by atoms with E-state index in [-0.39, 0.29) is 5.56 Å². The standard InChI is InChI=1S/C22H25FN6O3S/c1-14-11-15(2)25-22(24-14)29-20(12-16(3)27-29)26-21(30)17-7-8-18(23)19(13-17)33(31,32)28-9-5-4-6-10-28/h7-8,11-13H,4-6,9-10H2,1-3H3,(H,26,30). The molecule has 1 fully saturated rings. The fraction of sp³-hybridized carbons (Fsp3) is 0.364. The first-order valence-corrected chi connectivity index (χ1v) is 12.1. The zero-order chi connectivity index (χ0) is 23.8. The van der Waals surface area contributed by atoms with Crippen LogP contribution in [0.5, 0.6) is 0 Å². The number of nitrogens with one attached hydrogen (secondary N) is 1. The van der Waals surface area contributed by atoms with Crippen LogP contribution >= 0.6 is 0 Å². The molecule has 4 rings (SSSR count). The second kappa shape index (κ2) is 8.99. The van der Waals surface area contributed by atoms with E-state index in [4.69, 9.17) is 0 Å². The Morgan fingerprint density at radius 3 is 2.30 bits per heavy atom. The summed E-state index contributed by atoms with van der Waals surface area (Å²) in [5.74, 6) is -0.882. The number of nitrogens with zero attached hydrogens (tertiary/aromatic N) is 5. The predicted molar refractivity (Wildman–Crippen MR) is 120 cm³/mol. The largest absolute Gasteiger partial charge is 0.306 e. The lowest BCUT2D eigenvalue weighted by atomic mass is 10.2. The average Bonchev–Trinajstić information content (AvgIpc) is 3.13. The molecule has 9 nitrogen and oxygen atoms in total. The molecule has 0 radical (unpaired) electrons. The molecule has 1 aromatic carbocycles. The molecule has 1 aliphatic rings. The Morgan fingerprint density at radius 1 is 0.970 bits per heavy atom. The summed E-state index contributed by atoms with van der Waals surface area (Å²) in [6, 6.07) is 6.80. The van der Waals surface area contributed by atoms with Crippen LogP contribution in [0.3, 0.4) is 0 Å². The van der Waals surface area contributed by atoms with E-state index in [2.05, 4.69) is 20.4 Å². The van der Waals surface area contributed by atoms with Crippen molar-refractivity contribution in [2.75, 3.05) is 18.4 Å². The van der Waals surface area contributed by atoms with Gasteiger partial charge in [-0.05, 0) is 57.9 Å². The van der Waals surface area contributed by atoms with E-state index in [1.54, 1.807) is 13.0 Å². The number of carbonyl (C=O) groups excluding carboxylic acids is 1. The number of benzene rings is 1. The van der Waals surface area contributed by atoms with E-state index in [1.807, 2.05) is 19.9 Å². The quantitative estimate of drug-likeness (QED) is 0.611. The summed E-state index contributed by atoms with van der Waals surface area (Å²) in [4.78, 5) is 21.2. The minimum atomic E-state index is -4.04. The summed E-state index contributed by atoms with van der Waals surface area (Å²) in [5, 5.41) is 7.07. The van der Waals surface area contributed by atoms with Gasteiger partial charge in [0.1, 0.15) is 16.5 Å². The highest BCUT2D eigenvalue weighted by atomic mass is 32.2. The van der Waals surface area contributed by atoms with Gasteiger partial charge in [0.25, 0.3) is 11.9 Å². The molecule has 1 aliphatic heterocycles. The topological polar surface area (TPSA) is 110 Å². The lowest BCUT2D eigenvalue weighted by Crippen LogP contribution is -2.36. The molecule has 0 aliphatic carbocycles. The average molecular weight is 473 g/mol. The van der Waals surface area contributed by atoms with Gasteiger partial charge in [-0.1, -0.05) is 6.42 Å². The highest BCUT2D eigenvalue weighted by molar-refractivity contribution is 7.89. The minimum absolute atomic E-state index is 0.0127. The van der Waals surface area contributed by atoms with Crippen molar-refractivity contribution in [1.29, 1.82) is 0 Å². The first-order chi connectivity index (χ1) is 15.6. The van der Waals surface area contributed by atoms with Crippen LogP contribution in [0.1, 0.15) is 46.7 Å². The molecular weight excluding hydrogens is 447 g/mol. The summed E-state index contributed by atoms with van der Waals surface area (Å²) in [6.07, 6.45) is 2.39. The van der Waals surface area contributed by atoms with Gasteiger partial charge in [0, 0.05) is 36.1 Å². The maximum absolute atomic E-state index is 14.5. The molecule has 0 bridgehead atoms.